The van der Waals surface area contributed by atoms with E-state index in [0.29, 0.717) is 13.2 Å². The second-order valence-electron chi connectivity index (χ2n) is 3.28. The minimum atomic E-state index is -0.373. The molecule has 0 aromatic rings. The SMILES string of the molecule is COCCC(C)(CN)C(C)O. The highest BCUT2D eigenvalue weighted by molar-refractivity contribution is 4.80. The molecule has 0 radical (unpaired) electrons. The maximum atomic E-state index is 9.36. The van der Waals surface area contributed by atoms with E-state index in [2.05, 4.69) is 0 Å². The molecule has 0 heterocycles. The normalized spacial score (nSPS) is 19.4. The van der Waals surface area contributed by atoms with Crippen molar-refractivity contribution in [3.05, 3.63) is 0 Å². The van der Waals surface area contributed by atoms with Crippen LogP contribution in [0.25, 0.3) is 0 Å². The van der Waals surface area contributed by atoms with Crippen molar-refractivity contribution >= 4 is 0 Å². The van der Waals surface area contributed by atoms with E-state index in [4.69, 9.17) is 10.5 Å². The van der Waals surface area contributed by atoms with Crippen LogP contribution in [0.3, 0.4) is 0 Å². The molecule has 2 unspecified atom stereocenters. The first-order valence-electron chi connectivity index (χ1n) is 3.94. The summed E-state index contributed by atoms with van der Waals surface area (Å²) in [5, 5.41) is 9.36. The highest BCUT2D eigenvalue weighted by atomic mass is 16.5. The van der Waals surface area contributed by atoms with Gasteiger partial charge in [0.2, 0.25) is 0 Å². The Balaban J connectivity index is 3.88. The molecule has 2 atom stereocenters. The summed E-state index contributed by atoms with van der Waals surface area (Å²) >= 11 is 0. The molecule has 0 fully saturated rings. The van der Waals surface area contributed by atoms with Crippen molar-refractivity contribution in [2.75, 3.05) is 20.3 Å². The van der Waals surface area contributed by atoms with E-state index in [1.807, 2.05) is 6.92 Å². The summed E-state index contributed by atoms with van der Waals surface area (Å²) in [5.41, 5.74) is 5.33. The van der Waals surface area contributed by atoms with Crippen molar-refractivity contribution in [2.45, 2.75) is 26.4 Å². The molecule has 0 aliphatic carbocycles. The van der Waals surface area contributed by atoms with Gasteiger partial charge in [0.1, 0.15) is 0 Å². The molecule has 0 rings (SSSR count). The quantitative estimate of drug-likeness (QED) is 0.612. The Morgan fingerprint density at radius 2 is 2.18 bits per heavy atom. The van der Waals surface area contributed by atoms with Gasteiger partial charge in [-0.05, 0) is 13.3 Å². The van der Waals surface area contributed by atoms with Gasteiger partial charge in [-0.25, -0.2) is 0 Å². The van der Waals surface area contributed by atoms with Gasteiger partial charge in [-0.15, -0.1) is 0 Å². The summed E-state index contributed by atoms with van der Waals surface area (Å²) in [7, 11) is 1.65. The van der Waals surface area contributed by atoms with Crippen LogP contribution in [0.2, 0.25) is 0 Å². The van der Waals surface area contributed by atoms with Crippen LogP contribution >= 0.6 is 0 Å². The Morgan fingerprint density at radius 3 is 2.45 bits per heavy atom. The molecule has 0 amide bonds. The lowest BCUT2D eigenvalue weighted by Crippen LogP contribution is -2.38. The fourth-order valence-corrected chi connectivity index (χ4v) is 0.817. The van der Waals surface area contributed by atoms with Crippen molar-refractivity contribution < 1.29 is 9.84 Å². The largest absolute Gasteiger partial charge is 0.393 e. The Kier molecular flexibility index (Phi) is 4.65. The molecule has 68 valence electrons. The molecule has 3 heteroatoms. The molecule has 0 spiro atoms. The second kappa shape index (κ2) is 4.70. The number of hydrogen-bond acceptors (Lipinski definition) is 3. The molecule has 3 N–H and O–H groups in total. The van der Waals surface area contributed by atoms with Gasteiger partial charge < -0.3 is 15.6 Å². The molecule has 0 saturated carbocycles. The van der Waals surface area contributed by atoms with E-state index >= 15 is 0 Å². The minimum absolute atomic E-state index is 0.198. The zero-order valence-corrected chi connectivity index (χ0v) is 7.63. The number of ether oxygens (including phenoxy) is 1. The summed E-state index contributed by atoms with van der Waals surface area (Å²) < 4.78 is 4.92. The Labute approximate surface area is 68.5 Å². The third kappa shape index (κ3) is 3.18. The second-order valence-corrected chi connectivity index (χ2v) is 3.28. The van der Waals surface area contributed by atoms with Crippen molar-refractivity contribution in [3.63, 3.8) is 0 Å². The van der Waals surface area contributed by atoms with E-state index in [9.17, 15) is 5.11 Å². The van der Waals surface area contributed by atoms with E-state index in [-0.39, 0.29) is 11.5 Å². The first-order valence-corrected chi connectivity index (χ1v) is 3.94. The predicted octanol–water partition coefficient (Wildman–Crippen LogP) is 0.369. The van der Waals surface area contributed by atoms with Crippen LogP contribution < -0.4 is 5.73 Å². The summed E-state index contributed by atoms with van der Waals surface area (Å²) in [6.07, 6.45) is 0.431. The summed E-state index contributed by atoms with van der Waals surface area (Å²) in [6.45, 7) is 4.88. The molecule has 0 aliphatic rings. The van der Waals surface area contributed by atoms with Gasteiger partial charge in [-0.3, -0.25) is 0 Å². The lowest BCUT2D eigenvalue weighted by Gasteiger charge is -2.30. The Bertz CT molecular complexity index is 106. The van der Waals surface area contributed by atoms with Gasteiger partial charge >= 0.3 is 0 Å². The monoisotopic (exact) mass is 161 g/mol. The average Bonchev–Trinajstić information content (AvgIpc) is 2.00. The van der Waals surface area contributed by atoms with Crippen molar-refractivity contribution in [1.29, 1.82) is 0 Å². The van der Waals surface area contributed by atoms with Crippen LogP contribution in [0.1, 0.15) is 20.3 Å². The zero-order valence-electron chi connectivity index (χ0n) is 7.63. The third-order valence-corrected chi connectivity index (χ3v) is 2.35. The van der Waals surface area contributed by atoms with Gasteiger partial charge in [0.15, 0.2) is 0 Å². The smallest absolute Gasteiger partial charge is 0.0578 e. The minimum Gasteiger partial charge on any atom is -0.393 e. The highest BCUT2D eigenvalue weighted by Gasteiger charge is 2.27. The highest BCUT2D eigenvalue weighted by Crippen LogP contribution is 2.24. The molecule has 0 aromatic heterocycles. The standard InChI is InChI=1S/C8H19NO2/c1-7(10)8(2,6-9)4-5-11-3/h7,10H,4-6,9H2,1-3H3. The molecular weight excluding hydrogens is 142 g/mol. The maximum absolute atomic E-state index is 9.36. The van der Waals surface area contributed by atoms with Crippen LogP contribution in [0.15, 0.2) is 0 Å². The van der Waals surface area contributed by atoms with Gasteiger partial charge in [-0.1, -0.05) is 6.92 Å². The maximum Gasteiger partial charge on any atom is 0.0578 e. The number of aliphatic hydroxyl groups excluding tert-OH is 1. The summed E-state index contributed by atoms with van der Waals surface area (Å²) in [4.78, 5) is 0. The number of aliphatic hydroxyl groups is 1. The first-order chi connectivity index (χ1) is 5.06. The molecule has 0 aliphatic heterocycles. The third-order valence-electron chi connectivity index (χ3n) is 2.35. The van der Waals surface area contributed by atoms with Crippen LogP contribution in [0, 0.1) is 5.41 Å². The number of rotatable bonds is 5. The van der Waals surface area contributed by atoms with Gasteiger partial charge in [0, 0.05) is 25.7 Å². The Hall–Kier alpha value is -0.120. The fraction of sp³-hybridized carbons (Fsp3) is 1.00. The first kappa shape index (κ1) is 10.9. The number of nitrogens with two attached hydrogens (primary N) is 1. The van der Waals surface area contributed by atoms with E-state index in [0.717, 1.165) is 6.42 Å². The van der Waals surface area contributed by atoms with Crippen molar-refractivity contribution in [2.24, 2.45) is 11.1 Å². The van der Waals surface area contributed by atoms with Gasteiger partial charge in [0.25, 0.3) is 0 Å². The average molecular weight is 161 g/mol. The van der Waals surface area contributed by atoms with Gasteiger partial charge in [-0.2, -0.15) is 0 Å². The van der Waals surface area contributed by atoms with Crippen LogP contribution in [0.5, 0.6) is 0 Å². The lowest BCUT2D eigenvalue weighted by molar-refractivity contribution is 0.0312. The Morgan fingerprint density at radius 1 is 1.64 bits per heavy atom. The molecule has 3 nitrogen and oxygen atoms in total. The van der Waals surface area contributed by atoms with Crippen molar-refractivity contribution in [3.8, 4) is 0 Å². The van der Waals surface area contributed by atoms with Crippen LogP contribution in [-0.4, -0.2) is 31.5 Å². The predicted molar refractivity (Wildman–Crippen MR) is 45.3 cm³/mol. The van der Waals surface area contributed by atoms with Crippen LogP contribution in [0.4, 0.5) is 0 Å². The summed E-state index contributed by atoms with van der Waals surface area (Å²) in [6, 6.07) is 0. The fourth-order valence-electron chi connectivity index (χ4n) is 0.817. The summed E-state index contributed by atoms with van der Waals surface area (Å²) in [5.74, 6) is 0. The molecule has 0 bridgehead atoms. The molecule has 11 heavy (non-hydrogen) atoms. The van der Waals surface area contributed by atoms with Gasteiger partial charge in [0.05, 0.1) is 6.10 Å². The van der Waals surface area contributed by atoms with Crippen molar-refractivity contribution in [1.82, 2.24) is 0 Å². The molecule has 0 aromatic carbocycles. The topological polar surface area (TPSA) is 55.5 Å². The van der Waals surface area contributed by atoms with E-state index in [1.54, 1.807) is 14.0 Å². The number of methoxy groups -OCH3 is 1. The molecule has 0 saturated heterocycles. The van der Waals surface area contributed by atoms with Crippen LogP contribution in [-0.2, 0) is 4.74 Å². The van der Waals surface area contributed by atoms with E-state index in [1.165, 1.54) is 0 Å². The lowest BCUT2D eigenvalue weighted by atomic mass is 9.82. The zero-order chi connectivity index (χ0) is 8.91. The van der Waals surface area contributed by atoms with E-state index < -0.39 is 0 Å². The molecular formula is C8H19NO2. The number of hydrogen-bond donors (Lipinski definition) is 2.